The number of carbonyl (C=O) groups excluding carboxylic acids is 11. The number of unbranched alkanes of at least 4 members (excludes halogenated alkanes) is 3. The Labute approximate surface area is 620 Å². The topological polar surface area (TPSA) is 316 Å². The first-order chi connectivity index (χ1) is 48.8. The molecule has 0 saturated carbocycles. The summed E-state index contributed by atoms with van der Waals surface area (Å²) in [5.74, 6) is -11.1. The van der Waals surface area contributed by atoms with Crippen molar-refractivity contribution in [1.29, 1.82) is 0 Å². The molecule has 2 fully saturated rings. The molecule has 27 heteroatoms. The van der Waals surface area contributed by atoms with Gasteiger partial charge in [0.25, 0.3) is 0 Å². The van der Waals surface area contributed by atoms with Crippen LogP contribution in [0.15, 0.2) is 24.3 Å². The molecular weight excluding hydrogens is 1330 g/mol. The molecule has 14 atom stereocenters. The molecule has 4 N–H and O–H groups in total. The van der Waals surface area contributed by atoms with Gasteiger partial charge >= 0.3 is 0 Å². The molecule has 4 rings (SSSR count). The SMILES string of the molecule is CC[C@@H]1NC(=O)[C@H]([C@H](O)[C@H](C)CCCCCn2nnc3ccccc32)NC(=O)[C@H](C(C)C)N(C)C(=O)[C@H](CC(C)C)N(C)C(=O)[C@H](CC(C)C)N(C)C(=O)[C@@H](C)NC(=O)[C@H](C)CC(=O)[C@H](CC(C)C)N(C)C(=O)[C@H](C(C)C)CC(=O)[C@H]([C@@H](C)OCCCCN2CCOCC2)N(C)C(=O)[C@@H](C)N(C)C1=O. The van der Waals surface area contributed by atoms with Gasteiger partial charge in [0.15, 0.2) is 11.6 Å². The van der Waals surface area contributed by atoms with Crippen molar-refractivity contribution in [2.45, 2.75) is 261 Å². The number of aromatic nitrogens is 3. The predicted molar refractivity (Wildman–Crippen MR) is 400 cm³/mol. The molecule has 0 aliphatic carbocycles. The lowest BCUT2D eigenvalue weighted by atomic mass is 9.85. The zero-order valence-electron chi connectivity index (χ0n) is 66.9. The summed E-state index contributed by atoms with van der Waals surface area (Å²) in [5, 5.41) is 29.4. The number of nitrogens with zero attached hydrogens (tertiary/aromatic N) is 10. The van der Waals surface area contributed by atoms with Crippen LogP contribution in [0.1, 0.15) is 188 Å². The van der Waals surface area contributed by atoms with Gasteiger partial charge in [-0.1, -0.05) is 120 Å². The van der Waals surface area contributed by atoms with Gasteiger partial charge in [-0.25, -0.2) is 4.68 Å². The number of para-hydroxylation sites is 1. The molecule has 2 aliphatic rings. The molecule has 3 heterocycles. The Morgan fingerprint density at radius 1 is 0.548 bits per heavy atom. The van der Waals surface area contributed by atoms with Gasteiger partial charge in [0.05, 0.1) is 37.0 Å². The highest BCUT2D eigenvalue weighted by Crippen LogP contribution is 2.29. The Balaban J connectivity index is 1.86. The van der Waals surface area contributed by atoms with E-state index in [-0.39, 0.29) is 62.9 Å². The first-order valence-electron chi connectivity index (χ1n) is 38.2. The third-order valence-corrected chi connectivity index (χ3v) is 21.0. The number of amides is 9. The van der Waals surface area contributed by atoms with Gasteiger partial charge in [-0.05, 0) is 126 Å². The van der Waals surface area contributed by atoms with Crippen molar-refractivity contribution in [3.63, 3.8) is 0 Å². The van der Waals surface area contributed by atoms with E-state index >= 15 is 33.6 Å². The fourth-order valence-electron chi connectivity index (χ4n) is 14.2. The summed E-state index contributed by atoms with van der Waals surface area (Å²) in [6.07, 6.45) is 1.23. The number of benzene rings is 1. The van der Waals surface area contributed by atoms with Crippen molar-refractivity contribution in [2.24, 2.45) is 47.3 Å². The van der Waals surface area contributed by atoms with Crippen LogP contribution in [-0.4, -0.2) is 267 Å². The van der Waals surface area contributed by atoms with Gasteiger partial charge in [-0.3, -0.25) is 57.6 Å². The Bertz CT molecular complexity index is 3150. The summed E-state index contributed by atoms with van der Waals surface area (Å²) in [4.78, 5) is 174. The van der Waals surface area contributed by atoms with Gasteiger partial charge in [-0.2, -0.15) is 0 Å². The van der Waals surface area contributed by atoms with E-state index in [1.54, 1.807) is 55.4 Å². The molecule has 1 aromatic heterocycles. The van der Waals surface area contributed by atoms with E-state index in [0.717, 1.165) is 43.5 Å². The quantitative estimate of drug-likeness (QED) is 0.0875. The number of aliphatic hydroxyl groups excluding tert-OH is 1. The lowest BCUT2D eigenvalue weighted by molar-refractivity contribution is -0.154. The second-order valence-electron chi connectivity index (χ2n) is 31.6. The number of nitrogens with one attached hydrogen (secondary N) is 3. The Hall–Kier alpha value is -6.97. The van der Waals surface area contributed by atoms with E-state index in [1.165, 1.54) is 85.5 Å². The van der Waals surface area contributed by atoms with Gasteiger partial charge in [0.1, 0.15) is 53.9 Å². The van der Waals surface area contributed by atoms with Crippen LogP contribution in [0.3, 0.4) is 0 Å². The monoisotopic (exact) mass is 1460 g/mol. The number of ketones is 2. The average molecular weight is 1460 g/mol. The van der Waals surface area contributed by atoms with Crippen molar-refractivity contribution >= 4 is 75.8 Å². The van der Waals surface area contributed by atoms with Crippen LogP contribution in [0.4, 0.5) is 0 Å². The first-order valence-corrected chi connectivity index (χ1v) is 38.2. The Kier molecular flexibility index (Phi) is 36.5. The molecule has 2 aliphatic heterocycles. The number of hydrogen-bond donors (Lipinski definition) is 4. The maximum atomic E-state index is 15.3. The summed E-state index contributed by atoms with van der Waals surface area (Å²) in [5.41, 5.74) is 1.68. The smallest absolute Gasteiger partial charge is 0.245 e. The molecule has 2 saturated heterocycles. The third kappa shape index (κ3) is 25.1. The van der Waals surface area contributed by atoms with Crippen LogP contribution < -0.4 is 16.0 Å². The summed E-state index contributed by atoms with van der Waals surface area (Å²) in [6, 6.07) is -3.78. The number of rotatable bonds is 24. The molecule has 9 amide bonds. The molecule has 588 valence electrons. The molecule has 0 radical (unpaired) electrons. The molecule has 0 bridgehead atoms. The van der Waals surface area contributed by atoms with E-state index < -0.39 is 161 Å². The van der Waals surface area contributed by atoms with Crippen molar-refractivity contribution in [2.75, 3.05) is 81.7 Å². The lowest BCUT2D eigenvalue weighted by Crippen LogP contribution is -2.63. The van der Waals surface area contributed by atoms with E-state index in [1.807, 2.05) is 70.5 Å². The molecule has 2 aromatic rings. The zero-order valence-corrected chi connectivity index (χ0v) is 66.9. The van der Waals surface area contributed by atoms with Crippen LogP contribution in [0.2, 0.25) is 0 Å². The number of aryl methyl sites for hydroxylation is 1. The van der Waals surface area contributed by atoms with E-state index in [9.17, 15) is 24.3 Å². The van der Waals surface area contributed by atoms with Crippen molar-refractivity contribution in [3.8, 4) is 0 Å². The van der Waals surface area contributed by atoms with Gasteiger partial charge in [0.2, 0.25) is 53.2 Å². The summed E-state index contributed by atoms with van der Waals surface area (Å²) in [7, 11) is 8.74. The highest BCUT2D eigenvalue weighted by molar-refractivity contribution is 6.00. The van der Waals surface area contributed by atoms with E-state index in [4.69, 9.17) is 9.47 Å². The number of fused-ring (bicyclic) bond motifs is 1. The standard InChI is InChI=1S/C77H131N13O14/c1-23-57-75(100)83(17)54(15)73(98)88(22)67(55(16)104-38-30-29-34-89-36-39-103-40-37-89)64(92)45-56(49(8)9)74(99)84(18)60(41-46(2)3)63(91)44-52(13)69(94)78-53(14)72(97)85(19)61(42-47(4)5)76(101)86(20)62(43-48(6)7)77(102)87(21)66(50(10)11)71(96)80-65(70(95)79-57)68(93)51(12)31-25-24-28-35-90-59-33-27-26-32-58(59)81-82-90/h26-27,32-33,46-57,60-62,65-68,93H,23-25,28-31,34-45H2,1-22H3,(H,78,94)(H,79,95)(H,80,96)/t51-,52-,53-,54-,55-,56+,57+,60+,61+,62+,65+,66+,67+,68-/m1/s1. The predicted octanol–water partition coefficient (Wildman–Crippen LogP) is 6.01. The number of hydrogen-bond acceptors (Lipinski definition) is 17. The number of carbonyl (C=O) groups is 11. The van der Waals surface area contributed by atoms with E-state index in [2.05, 4.69) is 31.2 Å². The second kappa shape index (κ2) is 42.4. The number of Topliss-reactive ketones (excluding diaryl/α,β-unsaturated/α-hetero) is 2. The van der Waals surface area contributed by atoms with Crippen LogP contribution in [0.25, 0.3) is 11.0 Å². The number of likely N-dealkylation sites (N-methyl/N-ethyl adjacent to an activating group) is 6. The number of aliphatic hydroxyl groups is 1. The molecule has 0 spiro atoms. The number of morpholine rings is 1. The average Bonchev–Trinajstić information content (AvgIpc) is 1.03. The summed E-state index contributed by atoms with van der Waals surface area (Å²) >= 11 is 0. The van der Waals surface area contributed by atoms with Crippen LogP contribution >= 0.6 is 0 Å². The zero-order chi connectivity index (χ0) is 78.3. The molecule has 27 nitrogen and oxygen atoms in total. The fraction of sp³-hybridized carbons (Fsp3) is 0.779. The minimum absolute atomic E-state index is 0.0103. The maximum absolute atomic E-state index is 15.3. The molecular formula is C77H131N13O14. The first kappa shape index (κ1) is 89.4. The largest absolute Gasteiger partial charge is 0.390 e. The normalized spacial score (nSPS) is 26.2. The van der Waals surface area contributed by atoms with E-state index in [0.29, 0.717) is 45.4 Å². The highest BCUT2D eigenvalue weighted by atomic mass is 16.5. The minimum Gasteiger partial charge on any atom is -0.390 e. The van der Waals surface area contributed by atoms with Gasteiger partial charge < -0.3 is 59.9 Å². The van der Waals surface area contributed by atoms with Crippen molar-refractivity contribution in [1.82, 2.24) is 65.2 Å². The van der Waals surface area contributed by atoms with Crippen molar-refractivity contribution in [3.05, 3.63) is 24.3 Å². The Morgan fingerprint density at radius 3 is 1.67 bits per heavy atom. The maximum Gasteiger partial charge on any atom is 0.245 e. The summed E-state index contributed by atoms with van der Waals surface area (Å²) < 4.78 is 13.8. The van der Waals surface area contributed by atoms with Crippen LogP contribution in [0.5, 0.6) is 0 Å². The third-order valence-electron chi connectivity index (χ3n) is 21.0. The minimum atomic E-state index is -1.70. The molecule has 1 aromatic carbocycles. The van der Waals surface area contributed by atoms with Crippen LogP contribution in [-0.2, 0) is 68.8 Å². The van der Waals surface area contributed by atoms with Crippen molar-refractivity contribution < 1.29 is 67.3 Å². The van der Waals surface area contributed by atoms with Gasteiger partial charge in [0, 0.05) is 93.2 Å². The second-order valence-corrected chi connectivity index (χ2v) is 31.6. The fourth-order valence-corrected chi connectivity index (χ4v) is 14.2. The van der Waals surface area contributed by atoms with Gasteiger partial charge in [-0.15, -0.1) is 5.10 Å². The Morgan fingerprint density at radius 2 is 1.10 bits per heavy atom. The van der Waals surface area contributed by atoms with Crippen LogP contribution in [0, 0.1) is 47.3 Å². The molecule has 0 unspecified atom stereocenters. The lowest BCUT2D eigenvalue weighted by Gasteiger charge is -2.40. The highest BCUT2D eigenvalue weighted by Gasteiger charge is 2.45. The summed E-state index contributed by atoms with van der Waals surface area (Å²) in [6.45, 7) is 32.6. The number of ether oxygens (including phenoxy) is 2. The molecule has 104 heavy (non-hydrogen) atoms.